The van der Waals surface area contributed by atoms with Gasteiger partial charge in [0.2, 0.25) is 5.91 Å². The second kappa shape index (κ2) is 14.0. The molecule has 1 aliphatic rings. The van der Waals surface area contributed by atoms with Crippen molar-refractivity contribution in [3.8, 4) is 22.8 Å². The summed E-state index contributed by atoms with van der Waals surface area (Å²) in [6.07, 6.45) is 1.43. The van der Waals surface area contributed by atoms with Gasteiger partial charge in [0.25, 0.3) is 5.91 Å². The Morgan fingerprint density at radius 3 is 2.20 bits per heavy atom. The van der Waals surface area contributed by atoms with Gasteiger partial charge < -0.3 is 20.6 Å². The fraction of sp³-hybridized carbons (Fsp3) is 0.0250. The van der Waals surface area contributed by atoms with Crippen LogP contribution in [0.4, 0.5) is 11.4 Å². The van der Waals surface area contributed by atoms with Crippen LogP contribution in [-0.4, -0.2) is 43.3 Å². The minimum Gasteiger partial charge on any atom is -0.508 e. The van der Waals surface area contributed by atoms with Crippen molar-refractivity contribution in [2.24, 2.45) is 4.99 Å². The van der Waals surface area contributed by atoms with Gasteiger partial charge in [0.1, 0.15) is 22.4 Å². The van der Waals surface area contributed by atoms with E-state index in [-0.39, 0.29) is 39.4 Å². The topological polar surface area (TPSA) is 152 Å². The zero-order valence-corrected chi connectivity index (χ0v) is 27.5. The highest BCUT2D eigenvalue weighted by atomic mass is 32.2. The van der Waals surface area contributed by atoms with Crippen LogP contribution in [0.1, 0.15) is 26.7 Å². The molecule has 0 radical (unpaired) electrons. The summed E-state index contributed by atoms with van der Waals surface area (Å²) in [5.41, 5.74) is 3.91. The maximum atomic E-state index is 14.1. The molecule has 2 heterocycles. The van der Waals surface area contributed by atoms with Crippen LogP contribution in [0.2, 0.25) is 0 Å². The number of aromatic hydroxyl groups is 2. The quantitative estimate of drug-likeness (QED) is 0.118. The largest absolute Gasteiger partial charge is 0.508 e. The number of pyridine rings is 1. The number of aromatic nitrogens is 1. The average molecular weight is 693 g/mol. The van der Waals surface area contributed by atoms with Gasteiger partial charge in [-0.3, -0.25) is 14.5 Å². The number of carbonyl (C=O) groups is 3. The van der Waals surface area contributed by atoms with E-state index >= 15 is 0 Å². The lowest BCUT2D eigenvalue weighted by molar-refractivity contribution is -0.116. The third-order valence-electron chi connectivity index (χ3n) is 8.11. The summed E-state index contributed by atoms with van der Waals surface area (Å²) in [6.45, 7) is 0. The number of anilines is 2. The number of amides is 2. The summed E-state index contributed by atoms with van der Waals surface area (Å²) < 4.78 is 0. The first-order chi connectivity index (χ1) is 24.7. The fourth-order valence-corrected chi connectivity index (χ4v) is 6.73. The third-order valence-corrected chi connectivity index (χ3v) is 9.32. The average Bonchev–Trinajstić information content (AvgIpc) is 3.45. The van der Waals surface area contributed by atoms with E-state index in [2.05, 4.69) is 15.3 Å². The Kier molecular flexibility index (Phi) is 9.02. The number of nitrogens with zero attached hydrogens (tertiary/aromatic N) is 3. The molecule has 5 aromatic carbocycles. The Morgan fingerprint density at radius 1 is 0.804 bits per heavy atom. The third kappa shape index (κ3) is 6.91. The van der Waals surface area contributed by atoms with Crippen molar-refractivity contribution in [3.05, 3.63) is 156 Å². The van der Waals surface area contributed by atoms with E-state index in [1.54, 1.807) is 72.8 Å². The van der Waals surface area contributed by atoms with E-state index in [4.69, 9.17) is 0 Å². The number of thioether (sulfide) groups is 1. The Morgan fingerprint density at radius 2 is 1.49 bits per heavy atom. The number of nitrogens with one attached hydrogen (secondary N) is 1. The number of carbonyl (C=O) groups excluding carboxylic acids is 2. The van der Waals surface area contributed by atoms with E-state index in [9.17, 15) is 29.7 Å². The molecule has 1 aromatic heterocycles. The van der Waals surface area contributed by atoms with Gasteiger partial charge in [-0.25, -0.2) is 14.8 Å². The first-order valence-corrected chi connectivity index (χ1v) is 16.6. The number of para-hydroxylation sites is 2. The summed E-state index contributed by atoms with van der Waals surface area (Å²) in [5.74, 6) is -2.21. The SMILES string of the molecule is O=C(O)c1cc(-c2ccc(NC(=O)C(SC3=N/C(=C\c4ccc(O)cc4O)C(=O)N3c3ccccc3)c3ccccc3)cc2)nc2ccccc12. The monoisotopic (exact) mass is 692 g/mol. The molecule has 250 valence electrons. The number of carboxylic acid groups (broad SMARTS) is 1. The summed E-state index contributed by atoms with van der Waals surface area (Å²) in [5, 5.41) is 32.9. The maximum Gasteiger partial charge on any atom is 0.336 e. The first-order valence-electron chi connectivity index (χ1n) is 15.7. The van der Waals surface area contributed by atoms with E-state index < -0.39 is 17.1 Å². The normalized spacial score (nSPS) is 14.0. The van der Waals surface area contributed by atoms with Crippen molar-refractivity contribution >= 4 is 63.1 Å². The number of phenolic OH excluding ortho intramolecular Hbond substituents is 2. The molecule has 0 aliphatic carbocycles. The molecule has 6 aromatic rings. The molecule has 0 fully saturated rings. The number of hydrogen-bond acceptors (Lipinski definition) is 8. The van der Waals surface area contributed by atoms with Crippen molar-refractivity contribution < 1.29 is 29.7 Å². The molecule has 0 spiro atoms. The van der Waals surface area contributed by atoms with Crippen LogP contribution in [0.3, 0.4) is 0 Å². The number of hydrogen-bond donors (Lipinski definition) is 4. The summed E-state index contributed by atoms with van der Waals surface area (Å²) in [4.78, 5) is 50.6. The van der Waals surface area contributed by atoms with Gasteiger partial charge in [-0.05, 0) is 60.2 Å². The molecule has 7 rings (SSSR count). The van der Waals surface area contributed by atoms with Crippen molar-refractivity contribution in [1.29, 1.82) is 0 Å². The van der Waals surface area contributed by atoms with Crippen molar-refractivity contribution in [1.82, 2.24) is 4.98 Å². The molecule has 10 nitrogen and oxygen atoms in total. The van der Waals surface area contributed by atoms with Gasteiger partial charge in [-0.1, -0.05) is 90.6 Å². The number of fused-ring (bicyclic) bond motifs is 1. The van der Waals surface area contributed by atoms with Crippen LogP contribution in [0.5, 0.6) is 11.5 Å². The number of aromatic carboxylic acids is 1. The summed E-state index contributed by atoms with van der Waals surface area (Å²) in [7, 11) is 0. The lowest BCUT2D eigenvalue weighted by atomic mass is 10.0. The molecule has 0 saturated carbocycles. The molecule has 0 saturated heterocycles. The van der Waals surface area contributed by atoms with E-state index in [1.165, 1.54) is 35.2 Å². The molecule has 2 amide bonds. The van der Waals surface area contributed by atoms with Crippen LogP contribution in [0.15, 0.2) is 144 Å². The summed E-state index contributed by atoms with van der Waals surface area (Å²) in [6, 6.07) is 37.6. The molecule has 4 N–H and O–H groups in total. The first kappa shape index (κ1) is 32.8. The number of carboxylic acids is 1. The lowest BCUT2D eigenvalue weighted by Crippen LogP contribution is -2.32. The van der Waals surface area contributed by atoms with Crippen LogP contribution < -0.4 is 10.2 Å². The number of benzene rings is 5. The van der Waals surface area contributed by atoms with Gasteiger partial charge in [0.15, 0.2) is 5.17 Å². The molecule has 1 atom stereocenters. The maximum absolute atomic E-state index is 14.1. The van der Waals surface area contributed by atoms with Crippen molar-refractivity contribution in [2.75, 3.05) is 10.2 Å². The standard InChI is InChI=1S/C40H28N4O6S/c45-29-20-17-26(35(46)22-29)21-34-38(48)44(28-11-5-2-6-12-28)40(43-34)51-36(25-9-3-1-4-10-25)37(47)41-27-18-15-24(16-19-27)33-23-31(39(49)50)30-13-7-8-14-32(30)42-33/h1-23,36,45-46H,(H,41,47)(H,49,50)/b34-21-. The molecule has 11 heteroatoms. The predicted octanol–water partition coefficient (Wildman–Crippen LogP) is 7.87. The van der Waals surface area contributed by atoms with E-state index in [1.807, 2.05) is 36.4 Å². The zero-order chi connectivity index (χ0) is 35.5. The second-order valence-electron chi connectivity index (χ2n) is 11.5. The molecular formula is C40H28N4O6S. The van der Waals surface area contributed by atoms with Gasteiger partial charge >= 0.3 is 5.97 Å². The highest BCUT2D eigenvalue weighted by Gasteiger charge is 2.36. The van der Waals surface area contributed by atoms with Gasteiger partial charge in [-0.2, -0.15) is 0 Å². The molecule has 0 bridgehead atoms. The number of aliphatic imine (C=N–C) groups is 1. The number of rotatable bonds is 8. The Bertz CT molecular complexity index is 2360. The minimum atomic E-state index is -1.05. The van der Waals surface area contributed by atoms with Gasteiger partial charge in [-0.15, -0.1) is 0 Å². The van der Waals surface area contributed by atoms with Crippen molar-refractivity contribution in [3.63, 3.8) is 0 Å². The van der Waals surface area contributed by atoms with Crippen LogP contribution in [0.25, 0.3) is 28.2 Å². The van der Waals surface area contributed by atoms with Crippen LogP contribution >= 0.6 is 11.8 Å². The highest BCUT2D eigenvalue weighted by Crippen LogP contribution is 2.38. The van der Waals surface area contributed by atoms with Gasteiger partial charge in [0, 0.05) is 28.3 Å². The van der Waals surface area contributed by atoms with Crippen molar-refractivity contribution in [2.45, 2.75) is 5.25 Å². The highest BCUT2D eigenvalue weighted by molar-refractivity contribution is 8.15. The second-order valence-corrected chi connectivity index (χ2v) is 12.6. The summed E-state index contributed by atoms with van der Waals surface area (Å²) >= 11 is 1.10. The van der Waals surface area contributed by atoms with Crippen LogP contribution in [-0.2, 0) is 9.59 Å². The Labute approximate surface area is 296 Å². The molecular weight excluding hydrogens is 665 g/mol. The predicted molar refractivity (Wildman–Crippen MR) is 199 cm³/mol. The van der Waals surface area contributed by atoms with Crippen LogP contribution in [0, 0.1) is 0 Å². The number of amidine groups is 1. The number of phenols is 2. The van der Waals surface area contributed by atoms with E-state index in [0.29, 0.717) is 39.1 Å². The lowest BCUT2D eigenvalue weighted by Gasteiger charge is -2.22. The molecule has 1 aliphatic heterocycles. The van der Waals surface area contributed by atoms with E-state index in [0.717, 1.165) is 11.8 Å². The molecule has 1 unspecified atom stereocenters. The van der Waals surface area contributed by atoms with Gasteiger partial charge in [0.05, 0.1) is 22.5 Å². The molecule has 51 heavy (non-hydrogen) atoms. The smallest absolute Gasteiger partial charge is 0.336 e. The minimum absolute atomic E-state index is 0.0403. The zero-order valence-electron chi connectivity index (χ0n) is 26.7. The fourth-order valence-electron chi connectivity index (χ4n) is 5.62. The Balaban J connectivity index is 1.20. The Hall–Kier alpha value is -6.72.